The summed E-state index contributed by atoms with van der Waals surface area (Å²) in [7, 11) is 1.58. The Morgan fingerprint density at radius 2 is 1.52 bits per heavy atom. The number of quaternary nitrogens is 1. The van der Waals surface area contributed by atoms with Crippen molar-refractivity contribution in [3.05, 3.63) is 78.1 Å². The van der Waals surface area contributed by atoms with E-state index in [1.165, 1.54) is 0 Å². The minimum Gasteiger partial charge on any atom is -0.463 e. The van der Waals surface area contributed by atoms with Gasteiger partial charge in [0.05, 0.1) is 12.5 Å². The van der Waals surface area contributed by atoms with E-state index in [2.05, 4.69) is 10.6 Å². The van der Waals surface area contributed by atoms with Crippen LogP contribution in [0.5, 0.6) is 0 Å². The number of anilines is 1. The van der Waals surface area contributed by atoms with Crippen molar-refractivity contribution in [1.29, 1.82) is 0 Å². The van der Waals surface area contributed by atoms with Crippen molar-refractivity contribution < 1.29 is 23.3 Å². The fraction of sp³-hybridized carbons (Fsp3) is 0.200. The molecule has 0 aliphatic rings. The van der Waals surface area contributed by atoms with Crippen LogP contribution in [0.4, 0.5) is 5.69 Å². The van der Waals surface area contributed by atoms with E-state index in [1.54, 1.807) is 43.8 Å². The minimum absolute atomic E-state index is 0.129. The van der Waals surface area contributed by atoms with Crippen LogP contribution < -0.4 is 15.5 Å². The molecule has 0 saturated heterocycles. The van der Waals surface area contributed by atoms with Crippen LogP contribution in [0.1, 0.15) is 21.9 Å². The lowest BCUT2D eigenvalue weighted by Gasteiger charge is -2.17. The van der Waals surface area contributed by atoms with Crippen LogP contribution in [0.3, 0.4) is 0 Å². The maximum absolute atomic E-state index is 12.5. The van der Waals surface area contributed by atoms with Crippen molar-refractivity contribution in [3.8, 4) is 0 Å². The summed E-state index contributed by atoms with van der Waals surface area (Å²) in [5, 5.41) is 5.43. The second-order valence-corrected chi connectivity index (χ2v) is 6.14. The highest BCUT2D eigenvalue weighted by molar-refractivity contribution is 5.95. The summed E-state index contributed by atoms with van der Waals surface area (Å²) in [5.41, 5.74) is 1.18. The molecule has 2 amide bonds. The molecule has 0 fully saturated rings. The number of nitrogens with one attached hydrogen (secondary N) is 3. The minimum atomic E-state index is -0.166. The first kappa shape index (κ1) is 18.5. The maximum atomic E-state index is 12.5. The third-order valence-corrected chi connectivity index (χ3v) is 4.08. The summed E-state index contributed by atoms with van der Waals surface area (Å²) in [4.78, 5) is 25.0. The van der Waals surface area contributed by atoms with Gasteiger partial charge in [-0.05, 0) is 48.5 Å². The van der Waals surface area contributed by atoms with Gasteiger partial charge in [-0.1, -0.05) is 0 Å². The molecular weight excluding hydrogens is 346 g/mol. The standard InChI is InChI=1S/C20H21N3O4/c1-21-20(25)15-6-8-16(9-7-15)22-19(24)14-23(12-17-4-2-10-26-17)13-18-5-3-11-27-18/h2-11H,12-14H2,1H3,(H,21,25)(H,22,24)/p+1. The molecule has 3 N–H and O–H groups in total. The van der Waals surface area contributed by atoms with Gasteiger partial charge in [-0.25, -0.2) is 0 Å². The third-order valence-electron chi connectivity index (χ3n) is 4.08. The summed E-state index contributed by atoms with van der Waals surface area (Å²) in [6.07, 6.45) is 3.24. The molecule has 2 heterocycles. The van der Waals surface area contributed by atoms with Crippen LogP contribution in [0.25, 0.3) is 0 Å². The average Bonchev–Trinajstić information content (AvgIpc) is 3.36. The zero-order valence-electron chi connectivity index (χ0n) is 15.0. The van der Waals surface area contributed by atoms with Gasteiger partial charge in [0.15, 0.2) is 18.1 Å². The lowest BCUT2D eigenvalue weighted by molar-refractivity contribution is -0.921. The molecule has 3 rings (SSSR count). The molecule has 0 saturated carbocycles. The van der Waals surface area contributed by atoms with Gasteiger partial charge in [-0.2, -0.15) is 0 Å². The topological polar surface area (TPSA) is 88.9 Å². The Bertz CT molecular complexity index is 819. The maximum Gasteiger partial charge on any atom is 0.279 e. The number of amides is 2. The highest BCUT2D eigenvalue weighted by atomic mass is 16.3. The Hall–Kier alpha value is -3.32. The normalized spacial score (nSPS) is 10.7. The van der Waals surface area contributed by atoms with E-state index in [9.17, 15) is 9.59 Å². The van der Waals surface area contributed by atoms with Crippen molar-refractivity contribution in [2.24, 2.45) is 0 Å². The Labute approximate surface area is 157 Å². The number of hydrogen-bond acceptors (Lipinski definition) is 4. The second kappa shape index (κ2) is 8.86. The molecule has 0 aliphatic carbocycles. The van der Waals surface area contributed by atoms with Crippen molar-refractivity contribution >= 4 is 17.5 Å². The van der Waals surface area contributed by atoms with Crippen molar-refractivity contribution in [2.45, 2.75) is 13.1 Å². The van der Waals surface area contributed by atoms with Crippen molar-refractivity contribution in [2.75, 3.05) is 18.9 Å². The van der Waals surface area contributed by atoms with Gasteiger partial charge in [0.25, 0.3) is 11.8 Å². The predicted octanol–water partition coefficient (Wildman–Crippen LogP) is 1.46. The van der Waals surface area contributed by atoms with Gasteiger partial charge in [0.1, 0.15) is 13.1 Å². The van der Waals surface area contributed by atoms with Crippen molar-refractivity contribution in [1.82, 2.24) is 5.32 Å². The Morgan fingerprint density at radius 1 is 0.926 bits per heavy atom. The summed E-state index contributed by atoms with van der Waals surface area (Å²) < 4.78 is 10.8. The summed E-state index contributed by atoms with van der Waals surface area (Å²) in [6.45, 7) is 1.38. The van der Waals surface area contributed by atoms with E-state index in [1.807, 2.05) is 24.3 Å². The molecule has 7 heteroatoms. The van der Waals surface area contributed by atoms with E-state index >= 15 is 0 Å². The first-order valence-electron chi connectivity index (χ1n) is 8.64. The van der Waals surface area contributed by atoms with Crippen molar-refractivity contribution in [3.63, 3.8) is 0 Å². The Balaban J connectivity index is 1.62. The van der Waals surface area contributed by atoms with Gasteiger partial charge >= 0.3 is 0 Å². The van der Waals surface area contributed by atoms with Crippen LogP contribution in [-0.2, 0) is 17.9 Å². The summed E-state index contributed by atoms with van der Waals surface area (Å²) in [6, 6.07) is 14.2. The molecule has 0 spiro atoms. The van der Waals surface area contributed by atoms with Gasteiger partial charge in [-0.3, -0.25) is 9.59 Å². The highest BCUT2D eigenvalue weighted by Gasteiger charge is 2.18. The molecule has 0 bridgehead atoms. The van der Waals surface area contributed by atoms with E-state index in [4.69, 9.17) is 8.83 Å². The number of carbonyl (C=O) groups is 2. The van der Waals surface area contributed by atoms with Crippen LogP contribution in [0.15, 0.2) is 69.9 Å². The van der Waals surface area contributed by atoms with Gasteiger partial charge < -0.3 is 24.4 Å². The molecule has 2 aromatic heterocycles. The molecule has 0 atom stereocenters. The number of rotatable bonds is 8. The van der Waals surface area contributed by atoms with E-state index < -0.39 is 0 Å². The molecular formula is C20H22N3O4+. The lowest BCUT2D eigenvalue weighted by Crippen LogP contribution is -3.10. The average molecular weight is 368 g/mol. The molecule has 1 aromatic carbocycles. The Kier molecular flexibility index (Phi) is 6.06. The fourth-order valence-electron chi connectivity index (χ4n) is 2.79. The van der Waals surface area contributed by atoms with E-state index in [-0.39, 0.29) is 18.4 Å². The second-order valence-electron chi connectivity index (χ2n) is 6.14. The SMILES string of the molecule is CNC(=O)c1ccc(NC(=O)C[NH+](Cc2ccco2)Cc2ccco2)cc1. The predicted molar refractivity (Wildman–Crippen MR) is 99.1 cm³/mol. The van der Waals surface area contributed by atoms with Gasteiger partial charge in [0.2, 0.25) is 0 Å². The first-order valence-corrected chi connectivity index (χ1v) is 8.64. The number of furan rings is 2. The molecule has 140 valence electrons. The van der Waals surface area contributed by atoms with E-state index in [0.29, 0.717) is 24.3 Å². The quantitative estimate of drug-likeness (QED) is 0.562. The highest BCUT2D eigenvalue weighted by Crippen LogP contribution is 2.09. The summed E-state index contributed by atoms with van der Waals surface area (Å²) >= 11 is 0. The first-order chi connectivity index (χ1) is 13.1. The van der Waals surface area contributed by atoms with Gasteiger partial charge in [0, 0.05) is 18.3 Å². The Morgan fingerprint density at radius 3 is 2.00 bits per heavy atom. The molecule has 0 aliphatic heterocycles. The zero-order chi connectivity index (χ0) is 19.1. The zero-order valence-corrected chi connectivity index (χ0v) is 15.0. The summed E-state index contributed by atoms with van der Waals surface area (Å²) in [5.74, 6) is 1.31. The van der Waals surface area contributed by atoms with Crippen LogP contribution in [0.2, 0.25) is 0 Å². The monoisotopic (exact) mass is 368 g/mol. The molecule has 0 unspecified atom stereocenters. The number of benzene rings is 1. The fourth-order valence-corrected chi connectivity index (χ4v) is 2.79. The van der Waals surface area contributed by atoms with Crippen LogP contribution >= 0.6 is 0 Å². The molecule has 0 radical (unpaired) electrons. The third kappa shape index (κ3) is 5.32. The van der Waals surface area contributed by atoms with Crippen LogP contribution in [0, 0.1) is 0 Å². The van der Waals surface area contributed by atoms with Crippen LogP contribution in [-0.4, -0.2) is 25.4 Å². The van der Waals surface area contributed by atoms with E-state index in [0.717, 1.165) is 16.4 Å². The molecule has 3 aromatic rings. The number of carbonyl (C=O) groups excluding carboxylic acids is 2. The molecule has 7 nitrogen and oxygen atoms in total. The lowest BCUT2D eigenvalue weighted by atomic mass is 10.2. The molecule has 27 heavy (non-hydrogen) atoms. The smallest absolute Gasteiger partial charge is 0.279 e. The number of hydrogen-bond donors (Lipinski definition) is 3. The largest absolute Gasteiger partial charge is 0.463 e. The van der Waals surface area contributed by atoms with Gasteiger partial charge in [-0.15, -0.1) is 0 Å².